The molecule has 0 aromatic heterocycles. The molecule has 0 aliphatic carbocycles. The van der Waals surface area contributed by atoms with Gasteiger partial charge in [0.25, 0.3) is 5.91 Å². The second kappa shape index (κ2) is 5.24. The molecule has 0 atom stereocenters. The van der Waals surface area contributed by atoms with Gasteiger partial charge in [0.2, 0.25) is 0 Å². The highest BCUT2D eigenvalue weighted by Gasteiger charge is 2.14. The van der Waals surface area contributed by atoms with Gasteiger partial charge in [-0.25, -0.2) is 0 Å². The Morgan fingerprint density at radius 3 is 2.80 bits per heavy atom. The number of benzene rings is 1. The number of carbonyl (C=O) groups is 1. The van der Waals surface area contributed by atoms with E-state index in [-0.39, 0.29) is 5.91 Å². The Kier molecular flexibility index (Phi) is 3.97. The van der Waals surface area contributed by atoms with Gasteiger partial charge < -0.3 is 15.8 Å². The van der Waals surface area contributed by atoms with Crippen LogP contribution in [0.2, 0.25) is 0 Å². The number of ether oxygens (including phenoxy) is 1. The van der Waals surface area contributed by atoms with E-state index in [0.717, 1.165) is 0 Å². The van der Waals surface area contributed by atoms with Gasteiger partial charge in [0.15, 0.2) is 0 Å². The molecule has 0 bridgehead atoms. The maximum atomic E-state index is 11.7. The van der Waals surface area contributed by atoms with Gasteiger partial charge in [-0.1, -0.05) is 6.07 Å². The van der Waals surface area contributed by atoms with E-state index in [1.165, 1.54) is 0 Å². The maximum absolute atomic E-state index is 11.7. The predicted octanol–water partition coefficient (Wildman–Crippen LogP) is 1.42. The van der Waals surface area contributed by atoms with Crippen molar-refractivity contribution >= 4 is 11.6 Å². The van der Waals surface area contributed by atoms with Crippen molar-refractivity contribution in [3.05, 3.63) is 23.8 Å². The Hall–Kier alpha value is -1.71. The van der Waals surface area contributed by atoms with Crippen LogP contribution < -0.4 is 15.8 Å². The highest BCUT2D eigenvalue weighted by Crippen LogP contribution is 2.24. The summed E-state index contributed by atoms with van der Waals surface area (Å²) in [6, 6.07) is 5.20. The highest BCUT2D eigenvalue weighted by molar-refractivity contribution is 6.01. The van der Waals surface area contributed by atoms with Crippen LogP contribution in [-0.4, -0.2) is 19.1 Å². The molecule has 4 heteroatoms. The molecule has 3 N–H and O–H groups in total. The molecule has 82 valence electrons. The third-order valence-corrected chi connectivity index (χ3v) is 1.92. The van der Waals surface area contributed by atoms with Crippen molar-refractivity contribution in [1.29, 1.82) is 0 Å². The van der Waals surface area contributed by atoms with E-state index in [2.05, 4.69) is 5.32 Å². The minimum Gasteiger partial charge on any atom is -0.493 e. The molecule has 0 aliphatic heterocycles. The molecular formula is C11H16N2O2. The Balaban J connectivity index is 3.06. The average molecular weight is 208 g/mol. The van der Waals surface area contributed by atoms with Crippen LogP contribution in [-0.2, 0) is 0 Å². The largest absolute Gasteiger partial charge is 0.493 e. The summed E-state index contributed by atoms with van der Waals surface area (Å²) in [5.41, 5.74) is 6.60. The van der Waals surface area contributed by atoms with Gasteiger partial charge in [0, 0.05) is 12.2 Å². The van der Waals surface area contributed by atoms with E-state index in [1.54, 1.807) is 18.2 Å². The van der Waals surface area contributed by atoms with E-state index in [9.17, 15) is 4.79 Å². The minimum atomic E-state index is -0.195. The molecule has 1 aromatic carbocycles. The Morgan fingerprint density at radius 1 is 1.47 bits per heavy atom. The predicted molar refractivity (Wildman–Crippen MR) is 60.0 cm³/mol. The highest BCUT2D eigenvalue weighted by atomic mass is 16.5. The first-order valence-electron chi connectivity index (χ1n) is 5.00. The Bertz CT molecular complexity index is 350. The van der Waals surface area contributed by atoms with Crippen molar-refractivity contribution < 1.29 is 9.53 Å². The van der Waals surface area contributed by atoms with E-state index in [0.29, 0.717) is 30.2 Å². The SMILES string of the molecule is CCNC(=O)c1c(N)cccc1OCC. The average Bonchev–Trinajstić information content (AvgIpc) is 2.18. The molecule has 0 heterocycles. The number of anilines is 1. The van der Waals surface area contributed by atoms with Crippen LogP contribution in [0.4, 0.5) is 5.69 Å². The molecule has 1 aromatic rings. The molecule has 1 rings (SSSR count). The van der Waals surface area contributed by atoms with Gasteiger partial charge in [-0.3, -0.25) is 4.79 Å². The van der Waals surface area contributed by atoms with Crippen LogP contribution in [0.15, 0.2) is 18.2 Å². The minimum absolute atomic E-state index is 0.195. The number of hydrogen-bond acceptors (Lipinski definition) is 3. The standard InChI is InChI=1S/C11H16N2O2/c1-3-13-11(14)10-8(12)6-5-7-9(10)15-4-2/h5-7H,3-4,12H2,1-2H3,(H,13,14). The lowest BCUT2D eigenvalue weighted by Crippen LogP contribution is -2.24. The van der Waals surface area contributed by atoms with Crippen molar-refractivity contribution in [1.82, 2.24) is 5.32 Å². The monoisotopic (exact) mass is 208 g/mol. The number of nitrogens with one attached hydrogen (secondary N) is 1. The van der Waals surface area contributed by atoms with Crippen molar-refractivity contribution in [3.8, 4) is 5.75 Å². The summed E-state index contributed by atoms with van der Waals surface area (Å²) in [6.45, 7) is 4.80. The Morgan fingerprint density at radius 2 is 2.20 bits per heavy atom. The third-order valence-electron chi connectivity index (χ3n) is 1.92. The molecule has 4 nitrogen and oxygen atoms in total. The van der Waals surface area contributed by atoms with Gasteiger partial charge in [0.1, 0.15) is 11.3 Å². The molecule has 0 saturated carbocycles. The molecule has 0 spiro atoms. The number of nitrogen functional groups attached to an aromatic ring is 1. The first kappa shape index (κ1) is 11.4. The molecule has 0 unspecified atom stereocenters. The van der Waals surface area contributed by atoms with E-state index in [4.69, 9.17) is 10.5 Å². The zero-order chi connectivity index (χ0) is 11.3. The van der Waals surface area contributed by atoms with Crippen molar-refractivity contribution in [2.24, 2.45) is 0 Å². The van der Waals surface area contributed by atoms with E-state index >= 15 is 0 Å². The van der Waals surface area contributed by atoms with Gasteiger partial charge >= 0.3 is 0 Å². The van der Waals surface area contributed by atoms with Gasteiger partial charge in [-0.2, -0.15) is 0 Å². The fourth-order valence-corrected chi connectivity index (χ4v) is 1.32. The molecule has 0 aliphatic rings. The summed E-state index contributed by atoms with van der Waals surface area (Å²) in [6.07, 6.45) is 0. The zero-order valence-electron chi connectivity index (χ0n) is 9.04. The van der Waals surface area contributed by atoms with Crippen LogP contribution in [0.1, 0.15) is 24.2 Å². The van der Waals surface area contributed by atoms with Gasteiger partial charge in [-0.15, -0.1) is 0 Å². The zero-order valence-corrected chi connectivity index (χ0v) is 9.04. The fraction of sp³-hybridized carbons (Fsp3) is 0.364. The molecule has 1 amide bonds. The second-order valence-electron chi connectivity index (χ2n) is 3.01. The lowest BCUT2D eigenvalue weighted by atomic mass is 10.1. The lowest BCUT2D eigenvalue weighted by Gasteiger charge is -2.11. The lowest BCUT2D eigenvalue weighted by molar-refractivity contribution is 0.0953. The third kappa shape index (κ3) is 2.62. The van der Waals surface area contributed by atoms with Crippen LogP contribution in [0.25, 0.3) is 0 Å². The number of carbonyl (C=O) groups excluding carboxylic acids is 1. The summed E-state index contributed by atoms with van der Waals surface area (Å²) in [7, 11) is 0. The van der Waals surface area contributed by atoms with Gasteiger partial charge in [-0.05, 0) is 26.0 Å². The molecular weight excluding hydrogens is 192 g/mol. The topological polar surface area (TPSA) is 64.4 Å². The number of hydrogen-bond donors (Lipinski definition) is 2. The summed E-state index contributed by atoms with van der Waals surface area (Å²) in [4.78, 5) is 11.7. The molecule has 0 saturated heterocycles. The summed E-state index contributed by atoms with van der Waals surface area (Å²) < 4.78 is 5.34. The van der Waals surface area contributed by atoms with Crippen LogP contribution in [0, 0.1) is 0 Å². The Labute approximate surface area is 89.4 Å². The fourth-order valence-electron chi connectivity index (χ4n) is 1.32. The summed E-state index contributed by atoms with van der Waals surface area (Å²) >= 11 is 0. The summed E-state index contributed by atoms with van der Waals surface area (Å²) in [5.74, 6) is 0.336. The number of amides is 1. The van der Waals surface area contributed by atoms with Crippen LogP contribution in [0.5, 0.6) is 5.75 Å². The molecule has 15 heavy (non-hydrogen) atoms. The second-order valence-corrected chi connectivity index (χ2v) is 3.01. The van der Waals surface area contributed by atoms with E-state index in [1.807, 2.05) is 13.8 Å². The molecule has 0 radical (unpaired) electrons. The van der Waals surface area contributed by atoms with E-state index < -0.39 is 0 Å². The quantitative estimate of drug-likeness (QED) is 0.735. The van der Waals surface area contributed by atoms with Crippen molar-refractivity contribution in [2.45, 2.75) is 13.8 Å². The van der Waals surface area contributed by atoms with Crippen LogP contribution in [0.3, 0.4) is 0 Å². The van der Waals surface area contributed by atoms with Gasteiger partial charge in [0.05, 0.1) is 6.61 Å². The van der Waals surface area contributed by atoms with Crippen LogP contribution >= 0.6 is 0 Å². The number of nitrogens with two attached hydrogens (primary N) is 1. The summed E-state index contributed by atoms with van der Waals surface area (Å²) in [5, 5.41) is 2.70. The maximum Gasteiger partial charge on any atom is 0.257 e. The normalized spacial score (nSPS) is 9.73. The smallest absolute Gasteiger partial charge is 0.257 e. The molecule has 0 fully saturated rings. The first-order valence-corrected chi connectivity index (χ1v) is 5.00. The van der Waals surface area contributed by atoms with Crippen molar-refractivity contribution in [3.63, 3.8) is 0 Å². The first-order chi connectivity index (χ1) is 7.20. The van der Waals surface area contributed by atoms with Crippen molar-refractivity contribution in [2.75, 3.05) is 18.9 Å². The number of rotatable bonds is 4.